The zero-order valence-corrected chi connectivity index (χ0v) is 13.3. The molecule has 1 aliphatic rings. The van der Waals surface area contributed by atoms with Crippen LogP contribution in [-0.2, 0) is 9.53 Å². The highest BCUT2D eigenvalue weighted by atomic mass is 16.5. The Morgan fingerprint density at radius 3 is 2.57 bits per heavy atom. The van der Waals surface area contributed by atoms with Gasteiger partial charge in [0.25, 0.3) is 0 Å². The Labute approximate surface area is 126 Å². The second-order valence-corrected chi connectivity index (χ2v) is 6.17. The number of aryl methyl sites for hydroxylation is 1. The van der Waals surface area contributed by atoms with Crippen molar-refractivity contribution in [3.8, 4) is 5.75 Å². The Morgan fingerprint density at radius 1 is 1.33 bits per heavy atom. The van der Waals surface area contributed by atoms with Crippen LogP contribution >= 0.6 is 0 Å². The number of methoxy groups -OCH3 is 1. The minimum atomic E-state index is -0.613. The summed E-state index contributed by atoms with van der Waals surface area (Å²) >= 11 is 0. The number of rotatable bonds is 5. The fourth-order valence-corrected chi connectivity index (χ4v) is 3.03. The number of ether oxygens (including phenoxy) is 2. The third-order valence-corrected chi connectivity index (χ3v) is 3.93. The molecule has 1 fully saturated rings. The third kappa shape index (κ3) is 3.76. The van der Waals surface area contributed by atoms with Crippen LogP contribution in [0, 0.1) is 6.92 Å². The van der Waals surface area contributed by atoms with Crippen molar-refractivity contribution in [2.75, 3.05) is 7.11 Å². The monoisotopic (exact) mass is 291 g/mol. The van der Waals surface area contributed by atoms with E-state index in [9.17, 15) is 4.79 Å². The van der Waals surface area contributed by atoms with Gasteiger partial charge in [-0.1, -0.05) is 17.7 Å². The van der Waals surface area contributed by atoms with E-state index in [0.717, 1.165) is 18.6 Å². The molecule has 1 aromatic rings. The molecular weight excluding hydrogens is 266 g/mol. The summed E-state index contributed by atoms with van der Waals surface area (Å²) in [7, 11) is 1.44. The predicted molar refractivity (Wildman–Crippen MR) is 82.5 cm³/mol. The Bertz CT molecular complexity index is 483. The molecule has 21 heavy (non-hydrogen) atoms. The standard InChI is InChI=1S/C17H25NO3/c1-12(2)18-17(16(19)20-4)10-9-15(11-17)21-14-7-5-13(3)6-8-14/h5-8,12,15,18H,9-11H2,1-4H3. The van der Waals surface area contributed by atoms with Gasteiger partial charge in [0, 0.05) is 12.5 Å². The molecule has 4 nitrogen and oxygen atoms in total. The minimum Gasteiger partial charge on any atom is -0.490 e. The smallest absolute Gasteiger partial charge is 0.326 e. The van der Waals surface area contributed by atoms with Gasteiger partial charge in [-0.15, -0.1) is 0 Å². The van der Waals surface area contributed by atoms with Crippen LogP contribution in [0.3, 0.4) is 0 Å². The van der Waals surface area contributed by atoms with Gasteiger partial charge in [-0.3, -0.25) is 10.1 Å². The number of carbonyl (C=O) groups is 1. The largest absolute Gasteiger partial charge is 0.490 e. The first-order valence-electron chi connectivity index (χ1n) is 7.54. The fraction of sp³-hybridized carbons (Fsp3) is 0.588. The Morgan fingerprint density at radius 2 is 2.00 bits per heavy atom. The van der Waals surface area contributed by atoms with Crippen LogP contribution in [0.2, 0.25) is 0 Å². The van der Waals surface area contributed by atoms with Crippen molar-refractivity contribution in [2.45, 2.75) is 57.7 Å². The van der Waals surface area contributed by atoms with Gasteiger partial charge < -0.3 is 9.47 Å². The van der Waals surface area contributed by atoms with Gasteiger partial charge in [-0.2, -0.15) is 0 Å². The second kappa shape index (κ2) is 6.48. The molecule has 2 unspecified atom stereocenters. The van der Waals surface area contributed by atoms with Crippen molar-refractivity contribution in [2.24, 2.45) is 0 Å². The molecule has 2 atom stereocenters. The van der Waals surface area contributed by atoms with E-state index < -0.39 is 5.54 Å². The summed E-state index contributed by atoms with van der Waals surface area (Å²) in [6, 6.07) is 8.24. The molecule has 1 N–H and O–H groups in total. The zero-order valence-electron chi connectivity index (χ0n) is 13.3. The Hall–Kier alpha value is -1.55. The van der Waals surface area contributed by atoms with Crippen LogP contribution in [0.15, 0.2) is 24.3 Å². The maximum atomic E-state index is 12.2. The lowest BCUT2D eigenvalue weighted by atomic mass is 9.96. The van der Waals surface area contributed by atoms with Gasteiger partial charge in [-0.25, -0.2) is 0 Å². The summed E-state index contributed by atoms with van der Waals surface area (Å²) in [6.07, 6.45) is 2.28. The van der Waals surface area contributed by atoms with E-state index in [0.29, 0.717) is 6.42 Å². The van der Waals surface area contributed by atoms with E-state index >= 15 is 0 Å². The molecule has 0 bridgehead atoms. The highest BCUT2D eigenvalue weighted by Crippen LogP contribution is 2.34. The van der Waals surface area contributed by atoms with Crippen molar-refractivity contribution < 1.29 is 14.3 Å². The number of hydrogen-bond donors (Lipinski definition) is 1. The van der Waals surface area contributed by atoms with Crippen molar-refractivity contribution >= 4 is 5.97 Å². The molecule has 1 aromatic carbocycles. The van der Waals surface area contributed by atoms with Crippen molar-refractivity contribution in [1.29, 1.82) is 0 Å². The van der Waals surface area contributed by atoms with E-state index in [4.69, 9.17) is 9.47 Å². The van der Waals surface area contributed by atoms with Gasteiger partial charge in [0.1, 0.15) is 17.4 Å². The van der Waals surface area contributed by atoms with Gasteiger partial charge in [-0.05, 0) is 45.7 Å². The molecule has 0 amide bonds. The molecule has 1 aliphatic carbocycles. The first-order valence-corrected chi connectivity index (χ1v) is 7.54. The summed E-state index contributed by atoms with van der Waals surface area (Å²) < 4.78 is 11.0. The van der Waals surface area contributed by atoms with Crippen molar-refractivity contribution in [3.63, 3.8) is 0 Å². The molecule has 0 spiro atoms. The van der Waals surface area contributed by atoms with Gasteiger partial charge in [0.2, 0.25) is 0 Å². The number of nitrogens with one attached hydrogen (secondary N) is 1. The normalized spacial score (nSPS) is 25.1. The average molecular weight is 291 g/mol. The number of esters is 1. The summed E-state index contributed by atoms with van der Waals surface area (Å²) in [5.41, 5.74) is 0.595. The molecule has 0 saturated heterocycles. The molecule has 0 radical (unpaired) electrons. The number of benzene rings is 1. The van der Waals surface area contributed by atoms with Crippen LogP contribution in [0.25, 0.3) is 0 Å². The highest BCUT2D eigenvalue weighted by molar-refractivity contribution is 5.81. The summed E-state index contributed by atoms with van der Waals surface area (Å²) in [5, 5.41) is 3.38. The molecule has 1 saturated carbocycles. The molecule has 116 valence electrons. The lowest BCUT2D eigenvalue weighted by Crippen LogP contribution is -2.54. The third-order valence-electron chi connectivity index (χ3n) is 3.93. The molecular formula is C17H25NO3. The Kier molecular flexibility index (Phi) is 4.88. The number of carbonyl (C=O) groups excluding carboxylic acids is 1. The molecule has 2 rings (SSSR count). The maximum Gasteiger partial charge on any atom is 0.326 e. The van der Waals surface area contributed by atoms with Gasteiger partial charge >= 0.3 is 5.97 Å². The highest BCUT2D eigenvalue weighted by Gasteiger charge is 2.47. The van der Waals surface area contributed by atoms with E-state index in [1.807, 2.05) is 45.0 Å². The fourth-order valence-electron chi connectivity index (χ4n) is 3.03. The van der Waals surface area contributed by atoms with Crippen LogP contribution in [0.5, 0.6) is 5.75 Å². The first-order chi connectivity index (χ1) is 9.95. The zero-order chi connectivity index (χ0) is 15.5. The van der Waals surface area contributed by atoms with Crippen LogP contribution in [-0.4, -0.2) is 30.8 Å². The summed E-state index contributed by atoms with van der Waals surface area (Å²) in [4.78, 5) is 12.2. The molecule has 0 aliphatic heterocycles. The molecule has 0 heterocycles. The lowest BCUT2D eigenvalue weighted by Gasteiger charge is -2.29. The molecule has 4 heteroatoms. The van der Waals surface area contributed by atoms with Crippen LogP contribution in [0.1, 0.15) is 38.7 Å². The first kappa shape index (κ1) is 15.8. The average Bonchev–Trinajstić information content (AvgIpc) is 2.84. The van der Waals surface area contributed by atoms with Crippen molar-refractivity contribution in [3.05, 3.63) is 29.8 Å². The SMILES string of the molecule is COC(=O)C1(NC(C)C)CCC(Oc2ccc(C)cc2)C1. The number of hydrogen-bond acceptors (Lipinski definition) is 4. The quantitative estimate of drug-likeness (QED) is 0.847. The Balaban J connectivity index is 2.05. The predicted octanol–water partition coefficient (Wildman–Crippen LogP) is 2.84. The van der Waals surface area contributed by atoms with Gasteiger partial charge in [0.15, 0.2) is 0 Å². The molecule has 0 aromatic heterocycles. The van der Waals surface area contributed by atoms with Gasteiger partial charge in [0.05, 0.1) is 7.11 Å². The summed E-state index contributed by atoms with van der Waals surface area (Å²) in [6.45, 7) is 6.13. The summed E-state index contributed by atoms with van der Waals surface area (Å²) in [5.74, 6) is 0.669. The van der Waals surface area contributed by atoms with E-state index in [-0.39, 0.29) is 18.1 Å². The minimum absolute atomic E-state index is 0.0399. The van der Waals surface area contributed by atoms with Crippen LogP contribution < -0.4 is 10.1 Å². The van der Waals surface area contributed by atoms with E-state index in [1.54, 1.807) is 0 Å². The maximum absolute atomic E-state index is 12.2. The van der Waals surface area contributed by atoms with Crippen LogP contribution in [0.4, 0.5) is 0 Å². The topological polar surface area (TPSA) is 47.6 Å². The second-order valence-electron chi connectivity index (χ2n) is 6.17. The van der Waals surface area contributed by atoms with E-state index in [2.05, 4.69) is 5.32 Å². The van der Waals surface area contributed by atoms with E-state index in [1.165, 1.54) is 12.7 Å². The lowest BCUT2D eigenvalue weighted by molar-refractivity contribution is -0.149. The van der Waals surface area contributed by atoms with Crippen molar-refractivity contribution in [1.82, 2.24) is 5.32 Å².